The summed E-state index contributed by atoms with van der Waals surface area (Å²) in [6.45, 7) is 4.23. The Hall–Kier alpha value is -2.14. The highest BCUT2D eigenvalue weighted by Gasteiger charge is 2.10. The lowest BCUT2D eigenvalue weighted by Gasteiger charge is -1.97. The zero-order valence-electron chi connectivity index (χ0n) is 10.3. The molecule has 0 amide bonds. The van der Waals surface area contributed by atoms with E-state index in [1.165, 1.54) is 0 Å². The van der Waals surface area contributed by atoms with Gasteiger partial charge in [0, 0.05) is 18.2 Å². The number of fused-ring (bicyclic) bond motifs is 1. The second-order valence-corrected chi connectivity index (χ2v) is 4.28. The van der Waals surface area contributed by atoms with Gasteiger partial charge in [-0.3, -0.25) is 0 Å². The van der Waals surface area contributed by atoms with Crippen LogP contribution < -0.4 is 5.73 Å². The number of imidazole rings is 1. The summed E-state index contributed by atoms with van der Waals surface area (Å²) >= 11 is 0. The number of rotatable bonds is 2. The quantitative estimate of drug-likeness (QED) is 0.722. The maximum atomic E-state index is 5.58. The molecule has 5 heteroatoms. The second-order valence-electron chi connectivity index (χ2n) is 4.28. The van der Waals surface area contributed by atoms with E-state index >= 15 is 0 Å². The fourth-order valence-electron chi connectivity index (χ4n) is 2.09. The average molecular weight is 242 g/mol. The summed E-state index contributed by atoms with van der Waals surface area (Å²) in [5.41, 5.74) is 10.1. The van der Waals surface area contributed by atoms with Gasteiger partial charge in [-0.1, -0.05) is 6.07 Å². The van der Waals surface area contributed by atoms with Crippen LogP contribution in [0.25, 0.3) is 22.4 Å². The van der Waals surface area contributed by atoms with Crippen LogP contribution in [-0.4, -0.2) is 15.0 Å². The molecule has 3 rings (SSSR count). The Labute approximate surface area is 104 Å². The lowest BCUT2D eigenvalue weighted by molar-refractivity contribution is 0.561. The molecule has 0 saturated heterocycles. The maximum Gasteiger partial charge on any atom is 0.192 e. The maximum absolute atomic E-state index is 5.58. The van der Waals surface area contributed by atoms with Crippen molar-refractivity contribution < 1.29 is 4.42 Å². The van der Waals surface area contributed by atoms with E-state index < -0.39 is 0 Å². The molecule has 0 radical (unpaired) electrons. The van der Waals surface area contributed by atoms with Gasteiger partial charge in [0.15, 0.2) is 11.5 Å². The van der Waals surface area contributed by atoms with Gasteiger partial charge in [0.05, 0.1) is 12.2 Å². The highest BCUT2D eigenvalue weighted by molar-refractivity contribution is 5.79. The SMILES string of the molecule is Cc1nc2ccc(-c3nc(CN)[nH]c3C)cc2o1. The van der Waals surface area contributed by atoms with Gasteiger partial charge in [-0.15, -0.1) is 0 Å². The molecule has 0 fully saturated rings. The summed E-state index contributed by atoms with van der Waals surface area (Å²) in [5, 5.41) is 0. The molecule has 5 nitrogen and oxygen atoms in total. The summed E-state index contributed by atoms with van der Waals surface area (Å²) in [6.07, 6.45) is 0. The first-order chi connectivity index (χ1) is 8.67. The van der Waals surface area contributed by atoms with Gasteiger partial charge in [0.25, 0.3) is 0 Å². The van der Waals surface area contributed by atoms with Gasteiger partial charge in [0.2, 0.25) is 0 Å². The minimum atomic E-state index is 0.407. The van der Waals surface area contributed by atoms with E-state index in [1.807, 2.05) is 32.0 Å². The number of nitrogens with one attached hydrogen (secondary N) is 1. The molecule has 2 aromatic heterocycles. The van der Waals surface area contributed by atoms with Gasteiger partial charge < -0.3 is 15.1 Å². The van der Waals surface area contributed by atoms with Crippen molar-refractivity contribution in [1.82, 2.24) is 15.0 Å². The van der Waals surface area contributed by atoms with E-state index in [4.69, 9.17) is 10.2 Å². The van der Waals surface area contributed by atoms with Gasteiger partial charge in [-0.25, -0.2) is 9.97 Å². The molecule has 1 aromatic carbocycles. The highest BCUT2D eigenvalue weighted by atomic mass is 16.3. The summed E-state index contributed by atoms with van der Waals surface area (Å²) in [5.74, 6) is 1.46. The summed E-state index contributed by atoms with van der Waals surface area (Å²) in [4.78, 5) is 11.9. The Morgan fingerprint density at radius 3 is 2.83 bits per heavy atom. The van der Waals surface area contributed by atoms with E-state index in [2.05, 4.69) is 15.0 Å². The predicted octanol–water partition coefficient (Wildman–Crippen LogP) is 2.29. The zero-order chi connectivity index (χ0) is 12.7. The molecule has 0 aliphatic heterocycles. The van der Waals surface area contributed by atoms with Crippen LogP contribution in [0.2, 0.25) is 0 Å². The van der Waals surface area contributed by atoms with Crippen molar-refractivity contribution in [2.45, 2.75) is 20.4 Å². The number of nitrogens with two attached hydrogens (primary N) is 1. The molecule has 0 atom stereocenters. The molecule has 0 aliphatic carbocycles. The Balaban J connectivity index is 2.15. The van der Waals surface area contributed by atoms with Gasteiger partial charge in [0.1, 0.15) is 11.3 Å². The third-order valence-corrected chi connectivity index (χ3v) is 2.90. The molecule has 0 spiro atoms. The number of hydrogen-bond acceptors (Lipinski definition) is 4. The Bertz CT molecular complexity index is 711. The summed E-state index contributed by atoms with van der Waals surface area (Å²) in [7, 11) is 0. The van der Waals surface area contributed by atoms with Crippen LogP contribution >= 0.6 is 0 Å². The minimum Gasteiger partial charge on any atom is -0.441 e. The van der Waals surface area contributed by atoms with E-state index in [0.29, 0.717) is 12.4 Å². The normalized spacial score (nSPS) is 11.3. The van der Waals surface area contributed by atoms with Crippen LogP contribution in [0.5, 0.6) is 0 Å². The molecule has 3 aromatic rings. The number of H-pyrrole nitrogens is 1. The molecular formula is C13H14N4O. The largest absolute Gasteiger partial charge is 0.441 e. The van der Waals surface area contributed by atoms with Crippen LogP contribution in [-0.2, 0) is 6.54 Å². The van der Waals surface area contributed by atoms with Crippen LogP contribution in [0.4, 0.5) is 0 Å². The first-order valence-corrected chi connectivity index (χ1v) is 5.80. The lowest BCUT2D eigenvalue weighted by Crippen LogP contribution is -1.97. The average Bonchev–Trinajstić information content (AvgIpc) is 2.89. The number of aromatic amines is 1. The number of benzene rings is 1. The Kier molecular flexibility index (Phi) is 2.41. The molecule has 92 valence electrons. The number of hydrogen-bond donors (Lipinski definition) is 2. The van der Waals surface area contributed by atoms with Crippen molar-refractivity contribution >= 4 is 11.1 Å². The lowest BCUT2D eigenvalue weighted by atomic mass is 10.1. The van der Waals surface area contributed by atoms with Crippen molar-refractivity contribution in [2.24, 2.45) is 5.73 Å². The van der Waals surface area contributed by atoms with Crippen LogP contribution in [0.1, 0.15) is 17.4 Å². The fourth-order valence-corrected chi connectivity index (χ4v) is 2.09. The Morgan fingerprint density at radius 2 is 2.11 bits per heavy atom. The number of aromatic nitrogens is 3. The van der Waals surface area contributed by atoms with E-state index in [1.54, 1.807) is 0 Å². The fraction of sp³-hybridized carbons (Fsp3) is 0.231. The third kappa shape index (κ3) is 1.69. The van der Waals surface area contributed by atoms with Crippen molar-refractivity contribution in [1.29, 1.82) is 0 Å². The van der Waals surface area contributed by atoms with Gasteiger partial charge >= 0.3 is 0 Å². The Morgan fingerprint density at radius 1 is 1.28 bits per heavy atom. The summed E-state index contributed by atoms with van der Waals surface area (Å²) < 4.78 is 5.53. The predicted molar refractivity (Wildman–Crippen MR) is 69.0 cm³/mol. The standard InChI is InChI=1S/C13H14N4O/c1-7-13(17-12(6-14)15-7)9-3-4-10-11(5-9)18-8(2)16-10/h3-5H,6,14H2,1-2H3,(H,15,17). The van der Waals surface area contributed by atoms with Crippen LogP contribution in [0, 0.1) is 13.8 Å². The van der Waals surface area contributed by atoms with E-state index in [9.17, 15) is 0 Å². The first-order valence-electron chi connectivity index (χ1n) is 5.80. The molecule has 3 N–H and O–H groups in total. The van der Waals surface area contributed by atoms with Crippen molar-refractivity contribution in [3.05, 3.63) is 35.6 Å². The zero-order valence-corrected chi connectivity index (χ0v) is 10.3. The van der Waals surface area contributed by atoms with Crippen LogP contribution in [0.3, 0.4) is 0 Å². The smallest absolute Gasteiger partial charge is 0.192 e. The third-order valence-electron chi connectivity index (χ3n) is 2.90. The number of aryl methyl sites for hydroxylation is 2. The molecule has 0 saturated carbocycles. The molecule has 18 heavy (non-hydrogen) atoms. The van der Waals surface area contributed by atoms with Crippen molar-refractivity contribution in [3.8, 4) is 11.3 Å². The molecule has 2 heterocycles. The molecule has 0 unspecified atom stereocenters. The second kappa shape index (κ2) is 3.96. The number of nitrogens with zero attached hydrogens (tertiary/aromatic N) is 2. The van der Waals surface area contributed by atoms with Crippen LogP contribution in [0.15, 0.2) is 22.6 Å². The number of oxazole rings is 1. The van der Waals surface area contributed by atoms with Gasteiger partial charge in [-0.05, 0) is 19.1 Å². The van der Waals surface area contributed by atoms with Gasteiger partial charge in [-0.2, -0.15) is 0 Å². The first kappa shape index (κ1) is 11.0. The highest BCUT2D eigenvalue weighted by Crippen LogP contribution is 2.25. The van der Waals surface area contributed by atoms with Crippen molar-refractivity contribution in [2.75, 3.05) is 0 Å². The molecule has 0 aliphatic rings. The van der Waals surface area contributed by atoms with E-state index in [0.717, 1.165) is 33.9 Å². The molecule has 0 bridgehead atoms. The molecular weight excluding hydrogens is 228 g/mol. The van der Waals surface area contributed by atoms with Crippen molar-refractivity contribution in [3.63, 3.8) is 0 Å². The van der Waals surface area contributed by atoms with E-state index in [-0.39, 0.29) is 0 Å². The minimum absolute atomic E-state index is 0.407. The summed E-state index contributed by atoms with van der Waals surface area (Å²) in [6, 6.07) is 5.89. The topological polar surface area (TPSA) is 80.7 Å². The monoisotopic (exact) mass is 242 g/mol.